The van der Waals surface area contributed by atoms with Crippen LogP contribution in [0.5, 0.6) is 17.2 Å². The van der Waals surface area contributed by atoms with E-state index in [9.17, 15) is 0 Å². The normalized spacial score (nSPS) is 10.4. The van der Waals surface area contributed by atoms with Crippen molar-refractivity contribution in [1.29, 1.82) is 0 Å². The molecule has 706 valence electrons. The van der Waals surface area contributed by atoms with E-state index in [-0.39, 0.29) is 61.3 Å². The largest absolute Gasteiger partial charge is 2.00 e. The second-order valence-corrected chi connectivity index (χ2v) is 33.6. The van der Waals surface area contributed by atoms with Gasteiger partial charge < -0.3 is 62.1 Å². The van der Waals surface area contributed by atoms with Gasteiger partial charge in [0.15, 0.2) is 5.75 Å². The monoisotopic (exact) mass is 2150 g/mol. The van der Waals surface area contributed by atoms with Crippen LogP contribution in [0.3, 0.4) is 0 Å². The van der Waals surface area contributed by atoms with Crippen LogP contribution >= 0.6 is 0 Å². The summed E-state index contributed by atoms with van der Waals surface area (Å²) < 4.78 is 21.8. The van der Waals surface area contributed by atoms with Crippen LogP contribution in [-0.4, -0.2) is 64.9 Å². The average molecular weight is 2150 g/mol. The molecule has 23 rings (SSSR count). The minimum atomic E-state index is 0. The van der Waals surface area contributed by atoms with Crippen LogP contribution in [-0.2, 0) is 61.3 Å². The molecule has 145 heavy (non-hydrogen) atoms. The molecule has 0 amide bonds. The van der Waals surface area contributed by atoms with E-state index in [1.54, 1.807) is 51.7 Å². The summed E-state index contributed by atoms with van der Waals surface area (Å²) in [5.41, 5.74) is 34.0. The number of aromatic nitrogens is 9. The fourth-order valence-electron chi connectivity index (χ4n) is 18.1. The molecule has 12 nitrogen and oxygen atoms in total. The van der Waals surface area contributed by atoms with E-state index < -0.39 is 0 Å². The second kappa shape index (κ2) is 48.5. The molecular formula is C130H93N9O3Pd3. The van der Waals surface area contributed by atoms with Crippen LogP contribution < -0.4 is 14.2 Å². The van der Waals surface area contributed by atoms with E-state index in [0.717, 1.165) is 145 Å². The number of fused-ring (bicyclic) bond motifs is 9. The van der Waals surface area contributed by atoms with Crippen molar-refractivity contribution in [3.63, 3.8) is 0 Å². The molecule has 15 heteroatoms. The molecule has 0 aliphatic rings. The topological polar surface area (TPSA) is 120 Å². The molecule has 0 bridgehead atoms. The number of nitrogens with zero attached hydrogens (tertiary/aromatic N) is 9. The molecule has 0 aliphatic carbocycles. The zero-order valence-electron chi connectivity index (χ0n) is 80.5. The third kappa shape index (κ3) is 23.1. The molecule has 0 spiro atoms. The SMILES string of the molecule is Cc1cc(-c2ccccc2)cc(C)c1-c1ccnc(-c2[c-]c(-n3c4ccccc4c4cccnc43)ccc2)c1.Cc1cc(-c2ccccc2)cc(C)c1-c1ccnc(-c2[c-]c3c(cc2)c2ccccc2n3-c2ccccn2)c1.[C-]#CC#Cc1ccccc1.[C-]#Cc1cc(C)c(OC)c(OC)c1.[C-]#Cc1ccc(OC)cc1.[Pd+2].[Pd+2].[Pd+2].[c-]1c(-c2ccccn2)cc(-c2ccccc2)cc1-n1c2ccccc2c2cccnc21. The summed E-state index contributed by atoms with van der Waals surface area (Å²) in [5.74, 6) is 14.8. The van der Waals surface area contributed by atoms with Crippen molar-refractivity contribution in [2.75, 3.05) is 21.3 Å². The standard InChI is InChI=1S/2C36H26N3.C28H18N3.C11H11O2.C10H5.C9H7O.3Pd/c1-24-20-29(26-10-4-3-5-11-26)21-25(2)35(24)28-17-19-37-33(23-28)27-12-8-13-30(22-27)39-34-16-7-6-14-31(34)32-15-9-18-38-36(32)39;1-24-20-29(26-10-4-3-5-11-26)21-25(2)36(24)28-17-19-37-32(22-28)27-15-16-31-30-12-6-7-13-33(30)39(34(31)23-27)35-14-8-9-18-38-35;1-2-9-20(10-3-1)21-17-22(26-13-6-7-15-29-26)19-23(18-21)31-27-14-5-4-11-24(27)25-12-8-16-30-28(25)31;1-5-9-6-8(2)11(13-4)10(7-9)12-3;1-2-3-7-10-8-5-4-6-9-10;1-3-8-4-6-9(10-2)7-5-8;;;/h3-21,23H,1-2H3;3-22H,1-2H3;1-18H;6-7H,2-4H3;4-6,8-9H;4-7H,2H3;;;/q6*-1;3*+2. The number of aryl methyl sites for hydroxylation is 5. The van der Waals surface area contributed by atoms with Crippen LogP contribution in [0.1, 0.15) is 44.5 Å². The van der Waals surface area contributed by atoms with Crippen molar-refractivity contribution < 1.29 is 75.5 Å². The summed E-state index contributed by atoms with van der Waals surface area (Å²) in [7, 11) is 4.78. The molecule has 0 saturated carbocycles. The number of benzene rings is 14. The maximum absolute atomic E-state index is 6.99. The summed E-state index contributed by atoms with van der Waals surface area (Å²) in [5, 5.41) is 6.98. The smallest absolute Gasteiger partial charge is 0.497 e. The van der Waals surface area contributed by atoms with E-state index in [0.29, 0.717) is 17.1 Å². The van der Waals surface area contributed by atoms with Gasteiger partial charge in [0.25, 0.3) is 0 Å². The molecule has 0 radical (unpaired) electrons. The first-order chi connectivity index (χ1) is 69.7. The molecule has 0 N–H and O–H groups in total. The van der Waals surface area contributed by atoms with Gasteiger partial charge >= 0.3 is 61.3 Å². The Morgan fingerprint density at radius 2 is 0.724 bits per heavy atom. The van der Waals surface area contributed by atoms with Gasteiger partial charge in [0.05, 0.1) is 32.4 Å². The quantitative estimate of drug-likeness (QED) is 0.0595. The van der Waals surface area contributed by atoms with E-state index in [1.165, 1.54) is 71.8 Å². The summed E-state index contributed by atoms with van der Waals surface area (Å²) in [6.07, 6.45) is 31.5. The van der Waals surface area contributed by atoms with Crippen molar-refractivity contribution in [2.45, 2.75) is 34.6 Å². The van der Waals surface area contributed by atoms with Gasteiger partial charge in [0.2, 0.25) is 0 Å². The van der Waals surface area contributed by atoms with Gasteiger partial charge in [-0.05, 0) is 249 Å². The Balaban J connectivity index is 0.000000140. The zero-order valence-corrected chi connectivity index (χ0v) is 85.2. The number of ether oxygens (including phenoxy) is 3. The Morgan fingerprint density at radius 1 is 0.276 bits per heavy atom. The fourth-order valence-corrected chi connectivity index (χ4v) is 18.1. The average Bonchev–Trinajstić information content (AvgIpc) is 1.60. The minimum absolute atomic E-state index is 0. The van der Waals surface area contributed by atoms with E-state index in [4.69, 9.17) is 53.4 Å². The van der Waals surface area contributed by atoms with E-state index >= 15 is 0 Å². The molecule has 23 aromatic rings. The molecule has 0 fully saturated rings. The molecule has 9 aromatic heterocycles. The Kier molecular flexibility index (Phi) is 34.2. The van der Waals surface area contributed by atoms with Crippen LogP contribution in [0.2, 0.25) is 0 Å². The minimum Gasteiger partial charge on any atom is -0.497 e. The second-order valence-electron chi connectivity index (χ2n) is 33.6. The third-order valence-corrected chi connectivity index (χ3v) is 24.5. The van der Waals surface area contributed by atoms with Crippen molar-refractivity contribution >= 4 is 65.7 Å². The van der Waals surface area contributed by atoms with E-state index in [2.05, 4.69) is 354 Å². The van der Waals surface area contributed by atoms with Gasteiger partial charge in [0, 0.05) is 69.8 Å². The molecular weight excluding hydrogens is 2050 g/mol. The van der Waals surface area contributed by atoms with Gasteiger partial charge in [-0.1, -0.05) is 235 Å². The predicted octanol–water partition coefficient (Wildman–Crippen LogP) is 29.9. The Hall–Kier alpha value is -17.0. The summed E-state index contributed by atoms with van der Waals surface area (Å²) in [6.45, 7) is 10.7. The molecule has 0 saturated heterocycles. The summed E-state index contributed by atoms with van der Waals surface area (Å²) in [6, 6.07) is 141. The molecule has 0 aliphatic heterocycles. The van der Waals surface area contributed by atoms with Crippen molar-refractivity contribution in [1.82, 2.24) is 43.6 Å². The van der Waals surface area contributed by atoms with Gasteiger partial charge in [-0.3, -0.25) is 17.8 Å². The number of para-hydroxylation sites is 3. The van der Waals surface area contributed by atoms with Crippen LogP contribution in [0.4, 0.5) is 0 Å². The van der Waals surface area contributed by atoms with Gasteiger partial charge in [-0.25, -0.2) is 20.9 Å². The van der Waals surface area contributed by atoms with Gasteiger partial charge in [-0.15, -0.1) is 107 Å². The molecule has 14 aromatic carbocycles. The molecule has 0 atom stereocenters. The van der Waals surface area contributed by atoms with Crippen LogP contribution in [0.25, 0.3) is 172 Å². The fraction of sp³-hybridized carbons (Fsp3) is 0.0615. The third-order valence-electron chi connectivity index (χ3n) is 24.5. The van der Waals surface area contributed by atoms with Crippen molar-refractivity contribution in [3.05, 3.63) is 501 Å². The van der Waals surface area contributed by atoms with Crippen LogP contribution in [0.15, 0.2) is 419 Å². The molecule has 9 heterocycles. The maximum Gasteiger partial charge on any atom is 2.00 e. The zero-order chi connectivity index (χ0) is 97.8. The number of pyridine rings is 6. The van der Waals surface area contributed by atoms with Gasteiger partial charge in [0.1, 0.15) is 28.6 Å². The number of hydrogen-bond acceptors (Lipinski definition) is 9. The van der Waals surface area contributed by atoms with Gasteiger partial charge in [-0.2, -0.15) is 5.92 Å². The number of rotatable bonds is 14. The predicted molar refractivity (Wildman–Crippen MR) is 578 cm³/mol. The number of methoxy groups -OCH3 is 3. The van der Waals surface area contributed by atoms with Crippen molar-refractivity contribution in [2.24, 2.45) is 0 Å². The summed E-state index contributed by atoms with van der Waals surface area (Å²) in [4.78, 5) is 28.2. The Morgan fingerprint density at radius 3 is 1.21 bits per heavy atom. The van der Waals surface area contributed by atoms with Crippen molar-refractivity contribution in [3.8, 4) is 153 Å². The number of hydrogen-bond donors (Lipinski definition) is 0. The van der Waals surface area contributed by atoms with E-state index in [1.807, 2.05) is 141 Å². The first-order valence-corrected chi connectivity index (χ1v) is 46.3. The molecule has 0 unspecified atom stereocenters. The Bertz CT molecular complexity index is 8490. The van der Waals surface area contributed by atoms with Crippen LogP contribution in [0, 0.1) is 102 Å². The summed E-state index contributed by atoms with van der Waals surface area (Å²) >= 11 is 0. The first kappa shape index (κ1) is 102. The maximum atomic E-state index is 6.99. The Labute approximate surface area is 888 Å². The first-order valence-electron chi connectivity index (χ1n) is 46.3.